The molecule has 92 valence electrons. The molecule has 1 aliphatic heterocycles. The molecule has 1 aromatic carbocycles. The van der Waals surface area contributed by atoms with Crippen molar-refractivity contribution in [3.63, 3.8) is 0 Å². The van der Waals surface area contributed by atoms with E-state index in [9.17, 15) is 0 Å². The molecule has 2 N–H and O–H groups in total. The molecule has 17 heavy (non-hydrogen) atoms. The fourth-order valence-electron chi connectivity index (χ4n) is 1.72. The number of benzene rings is 1. The quantitative estimate of drug-likeness (QED) is 0.829. The lowest BCUT2D eigenvalue weighted by atomic mass is 10.2. The van der Waals surface area contributed by atoms with Crippen molar-refractivity contribution in [3.8, 4) is 5.75 Å². The lowest BCUT2D eigenvalue weighted by Gasteiger charge is -2.09. The van der Waals surface area contributed by atoms with Crippen LogP contribution in [0.3, 0.4) is 0 Å². The van der Waals surface area contributed by atoms with Gasteiger partial charge in [0.15, 0.2) is 5.96 Å². The van der Waals surface area contributed by atoms with E-state index in [1.54, 1.807) is 0 Å². The summed E-state index contributed by atoms with van der Waals surface area (Å²) in [5, 5.41) is 6.55. The molecule has 1 unspecified atom stereocenters. The van der Waals surface area contributed by atoms with Crippen LogP contribution in [0, 0.1) is 0 Å². The predicted octanol–water partition coefficient (Wildman–Crippen LogP) is 1.52. The number of hydrogen-bond donors (Lipinski definition) is 2. The first-order valence-electron chi connectivity index (χ1n) is 6.04. The highest BCUT2D eigenvalue weighted by atomic mass is 16.5. The second-order valence-electron chi connectivity index (χ2n) is 4.17. The molecule has 2 rings (SSSR count). The highest BCUT2D eigenvalue weighted by Crippen LogP contribution is 2.11. The SMILES string of the molecule is CCOc1ccc(CNC2=NCC(C)N2)cc1. The zero-order chi connectivity index (χ0) is 12.1. The second kappa shape index (κ2) is 5.57. The number of hydrogen-bond acceptors (Lipinski definition) is 4. The van der Waals surface area contributed by atoms with E-state index in [1.807, 2.05) is 19.1 Å². The van der Waals surface area contributed by atoms with Crippen LogP contribution in [0.5, 0.6) is 5.75 Å². The molecule has 4 heteroatoms. The molecule has 0 saturated heterocycles. The zero-order valence-electron chi connectivity index (χ0n) is 10.4. The number of nitrogens with zero attached hydrogens (tertiary/aromatic N) is 1. The molecule has 0 saturated carbocycles. The van der Waals surface area contributed by atoms with E-state index in [0.717, 1.165) is 24.8 Å². The van der Waals surface area contributed by atoms with Crippen molar-refractivity contribution in [1.29, 1.82) is 0 Å². The number of aliphatic imine (C=N–C) groups is 1. The van der Waals surface area contributed by atoms with Crippen LogP contribution in [0.4, 0.5) is 0 Å². The van der Waals surface area contributed by atoms with Crippen LogP contribution in [-0.2, 0) is 6.54 Å². The van der Waals surface area contributed by atoms with Crippen LogP contribution in [0.25, 0.3) is 0 Å². The molecule has 1 aliphatic rings. The van der Waals surface area contributed by atoms with E-state index in [2.05, 4.69) is 34.7 Å². The summed E-state index contributed by atoms with van der Waals surface area (Å²) in [5.41, 5.74) is 1.22. The Kier molecular flexibility index (Phi) is 3.85. The Labute approximate surface area is 102 Å². The Balaban J connectivity index is 1.83. The van der Waals surface area contributed by atoms with Gasteiger partial charge < -0.3 is 15.4 Å². The first-order valence-corrected chi connectivity index (χ1v) is 6.04. The molecule has 4 nitrogen and oxygen atoms in total. The minimum Gasteiger partial charge on any atom is -0.494 e. The molecule has 0 spiro atoms. The smallest absolute Gasteiger partial charge is 0.191 e. The van der Waals surface area contributed by atoms with Gasteiger partial charge in [0, 0.05) is 12.6 Å². The van der Waals surface area contributed by atoms with Gasteiger partial charge in [0.2, 0.25) is 0 Å². The lowest BCUT2D eigenvalue weighted by molar-refractivity contribution is 0.340. The standard InChI is InChI=1S/C13H19N3O/c1-3-17-12-6-4-11(5-7-12)9-15-13-14-8-10(2)16-13/h4-7,10H,3,8-9H2,1-2H3,(H2,14,15,16). The van der Waals surface area contributed by atoms with Gasteiger partial charge in [0.1, 0.15) is 5.75 Å². The Hall–Kier alpha value is -1.71. The number of ether oxygens (including phenoxy) is 1. The first-order chi connectivity index (χ1) is 8.28. The summed E-state index contributed by atoms with van der Waals surface area (Å²) in [6.07, 6.45) is 0. The summed E-state index contributed by atoms with van der Waals surface area (Å²) < 4.78 is 5.40. The Morgan fingerprint density at radius 2 is 2.18 bits per heavy atom. The van der Waals surface area contributed by atoms with Gasteiger partial charge in [-0.05, 0) is 31.5 Å². The Morgan fingerprint density at radius 1 is 1.41 bits per heavy atom. The van der Waals surface area contributed by atoms with Gasteiger partial charge in [-0.1, -0.05) is 12.1 Å². The van der Waals surface area contributed by atoms with Crippen molar-refractivity contribution in [2.45, 2.75) is 26.4 Å². The molecule has 0 aliphatic carbocycles. The van der Waals surface area contributed by atoms with E-state index in [4.69, 9.17) is 4.74 Å². The van der Waals surface area contributed by atoms with Crippen molar-refractivity contribution in [2.75, 3.05) is 13.2 Å². The van der Waals surface area contributed by atoms with E-state index in [1.165, 1.54) is 5.56 Å². The maximum absolute atomic E-state index is 5.40. The molecule has 0 fully saturated rings. The summed E-state index contributed by atoms with van der Waals surface area (Å²) >= 11 is 0. The molecular formula is C13H19N3O. The summed E-state index contributed by atoms with van der Waals surface area (Å²) in [5.74, 6) is 1.81. The second-order valence-corrected chi connectivity index (χ2v) is 4.17. The monoisotopic (exact) mass is 233 g/mol. The normalized spacial score (nSPS) is 18.5. The van der Waals surface area contributed by atoms with Crippen LogP contribution >= 0.6 is 0 Å². The van der Waals surface area contributed by atoms with E-state index < -0.39 is 0 Å². The van der Waals surface area contributed by atoms with Crippen molar-refractivity contribution in [2.24, 2.45) is 4.99 Å². The van der Waals surface area contributed by atoms with E-state index in [-0.39, 0.29) is 0 Å². The third kappa shape index (κ3) is 3.37. The van der Waals surface area contributed by atoms with Crippen molar-refractivity contribution in [1.82, 2.24) is 10.6 Å². The van der Waals surface area contributed by atoms with Crippen LogP contribution in [0.15, 0.2) is 29.3 Å². The topological polar surface area (TPSA) is 45.6 Å². The minimum atomic E-state index is 0.442. The molecule has 1 atom stereocenters. The maximum atomic E-state index is 5.40. The molecule has 0 radical (unpaired) electrons. The van der Waals surface area contributed by atoms with E-state index >= 15 is 0 Å². The zero-order valence-corrected chi connectivity index (χ0v) is 10.4. The summed E-state index contributed by atoms with van der Waals surface area (Å²) in [6, 6.07) is 8.56. The largest absolute Gasteiger partial charge is 0.494 e. The highest BCUT2D eigenvalue weighted by molar-refractivity contribution is 5.81. The summed E-state index contributed by atoms with van der Waals surface area (Å²) in [7, 11) is 0. The van der Waals surface area contributed by atoms with Crippen LogP contribution in [-0.4, -0.2) is 25.2 Å². The van der Waals surface area contributed by atoms with Gasteiger partial charge >= 0.3 is 0 Å². The van der Waals surface area contributed by atoms with Crippen LogP contribution in [0.1, 0.15) is 19.4 Å². The lowest BCUT2D eigenvalue weighted by Crippen LogP contribution is -2.37. The van der Waals surface area contributed by atoms with Gasteiger partial charge in [0.05, 0.1) is 13.2 Å². The van der Waals surface area contributed by atoms with Crippen molar-refractivity contribution < 1.29 is 4.74 Å². The van der Waals surface area contributed by atoms with Gasteiger partial charge in [-0.2, -0.15) is 0 Å². The number of nitrogens with one attached hydrogen (secondary N) is 2. The molecule has 0 amide bonds. The van der Waals surface area contributed by atoms with Crippen LogP contribution in [0.2, 0.25) is 0 Å². The fraction of sp³-hybridized carbons (Fsp3) is 0.462. The molecule has 0 aromatic heterocycles. The summed E-state index contributed by atoms with van der Waals surface area (Å²) in [4.78, 5) is 4.35. The van der Waals surface area contributed by atoms with Crippen molar-refractivity contribution >= 4 is 5.96 Å². The highest BCUT2D eigenvalue weighted by Gasteiger charge is 2.11. The third-order valence-electron chi connectivity index (χ3n) is 2.60. The van der Waals surface area contributed by atoms with Gasteiger partial charge in [0.25, 0.3) is 0 Å². The number of guanidine groups is 1. The van der Waals surface area contributed by atoms with Gasteiger partial charge in [-0.25, -0.2) is 0 Å². The molecule has 1 heterocycles. The Morgan fingerprint density at radius 3 is 2.76 bits per heavy atom. The van der Waals surface area contributed by atoms with Crippen molar-refractivity contribution in [3.05, 3.63) is 29.8 Å². The average molecular weight is 233 g/mol. The average Bonchev–Trinajstić information content (AvgIpc) is 2.75. The summed E-state index contributed by atoms with van der Waals surface area (Å²) in [6.45, 7) is 6.45. The Bertz CT molecular complexity index is 386. The first kappa shape index (κ1) is 11.8. The van der Waals surface area contributed by atoms with Gasteiger partial charge in [-0.15, -0.1) is 0 Å². The third-order valence-corrected chi connectivity index (χ3v) is 2.60. The number of rotatable bonds is 4. The van der Waals surface area contributed by atoms with Crippen LogP contribution < -0.4 is 15.4 Å². The molecule has 1 aromatic rings. The van der Waals surface area contributed by atoms with E-state index in [0.29, 0.717) is 12.6 Å². The predicted molar refractivity (Wildman–Crippen MR) is 69.4 cm³/mol. The fourth-order valence-corrected chi connectivity index (χ4v) is 1.72. The minimum absolute atomic E-state index is 0.442. The maximum Gasteiger partial charge on any atom is 0.191 e. The molecule has 0 bridgehead atoms. The molecular weight excluding hydrogens is 214 g/mol. The van der Waals surface area contributed by atoms with Gasteiger partial charge in [-0.3, -0.25) is 4.99 Å².